The van der Waals surface area contributed by atoms with E-state index in [4.69, 9.17) is 0 Å². The van der Waals surface area contributed by atoms with Gasteiger partial charge in [-0.25, -0.2) is 0 Å². The number of benzene rings is 1. The van der Waals surface area contributed by atoms with E-state index in [1.807, 2.05) is 23.0 Å². The summed E-state index contributed by atoms with van der Waals surface area (Å²) in [6.07, 6.45) is 6.45. The topological polar surface area (TPSA) is 59.0 Å². The van der Waals surface area contributed by atoms with E-state index in [1.54, 1.807) is 0 Å². The van der Waals surface area contributed by atoms with Gasteiger partial charge >= 0.3 is 0 Å². The third-order valence-electron chi connectivity index (χ3n) is 3.64. The molecule has 1 aliphatic heterocycles. The second kappa shape index (κ2) is 5.99. The van der Waals surface area contributed by atoms with Gasteiger partial charge in [-0.3, -0.25) is 9.48 Å². The zero-order chi connectivity index (χ0) is 14.7. The van der Waals surface area contributed by atoms with Crippen molar-refractivity contribution in [2.75, 3.05) is 10.6 Å². The van der Waals surface area contributed by atoms with Gasteiger partial charge < -0.3 is 10.6 Å². The summed E-state index contributed by atoms with van der Waals surface area (Å²) < 4.78 is 1.97. The van der Waals surface area contributed by atoms with E-state index < -0.39 is 0 Å². The molecule has 0 spiro atoms. The molecule has 0 aliphatic carbocycles. The maximum absolute atomic E-state index is 11.3. The number of carbonyl (C=O) groups is 1. The Morgan fingerprint density at radius 1 is 1.38 bits per heavy atom. The second-order valence-electron chi connectivity index (χ2n) is 5.39. The molecule has 5 nitrogen and oxygen atoms in total. The Hall–Kier alpha value is -2.30. The molecular weight excluding hydrogens is 264 g/mol. The lowest BCUT2D eigenvalue weighted by molar-refractivity contribution is -0.116. The molecule has 21 heavy (non-hydrogen) atoms. The predicted molar refractivity (Wildman–Crippen MR) is 83.2 cm³/mol. The summed E-state index contributed by atoms with van der Waals surface area (Å²) in [7, 11) is 0. The molecule has 1 aliphatic rings. The van der Waals surface area contributed by atoms with Crippen LogP contribution in [-0.2, 0) is 24.3 Å². The molecule has 2 N–H and O–H groups in total. The molecule has 2 aromatic rings. The van der Waals surface area contributed by atoms with Gasteiger partial charge in [-0.1, -0.05) is 6.92 Å². The predicted octanol–water partition coefficient (Wildman–Crippen LogP) is 2.79. The maximum Gasteiger partial charge on any atom is 0.224 e. The van der Waals surface area contributed by atoms with Crippen molar-refractivity contribution < 1.29 is 4.79 Å². The van der Waals surface area contributed by atoms with E-state index >= 15 is 0 Å². The highest BCUT2D eigenvalue weighted by Gasteiger charge is 2.14. The molecule has 0 bridgehead atoms. The molecule has 1 aromatic carbocycles. The van der Waals surface area contributed by atoms with Crippen LogP contribution in [0.3, 0.4) is 0 Å². The molecule has 1 aromatic heterocycles. The zero-order valence-corrected chi connectivity index (χ0v) is 12.2. The minimum Gasteiger partial charge on any atom is -0.381 e. The van der Waals surface area contributed by atoms with Crippen molar-refractivity contribution in [1.29, 1.82) is 0 Å². The van der Waals surface area contributed by atoms with Crippen molar-refractivity contribution in [3.05, 3.63) is 41.7 Å². The number of rotatable bonds is 5. The average molecular weight is 284 g/mol. The first kappa shape index (κ1) is 13.7. The number of nitrogens with zero attached hydrogens (tertiary/aromatic N) is 2. The van der Waals surface area contributed by atoms with Crippen LogP contribution < -0.4 is 10.6 Å². The van der Waals surface area contributed by atoms with Gasteiger partial charge in [-0.05, 0) is 36.6 Å². The Morgan fingerprint density at radius 2 is 2.29 bits per heavy atom. The van der Waals surface area contributed by atoms with Crippen LogP contribution >= 0.6 is 0 Å². The molecule has 110 valence electrons. The van der Waals surface area contributed by atoms with Crippen LogP contribution in [0.1, 0.15) is 30.9 Å². The molecule has 3 rings (SSSR count). The van der Waals surface area contributed by atoms with E-state index in [0.29, 0.717) is 6.42 Å². The molecule has 0 saturated heterocycles. The van der Waals surface area contributed by atoms with Gasteiger partial charge in [0, 0.05) is 42.6 Å². The Morgan fingerprint density at radius 3 is 3.14 bits per heavy atom. The van der Waals surface area contributed by atoms with E-state index in [1.165, 1.54) is 11.1 Å². The highest BCUT2D eigenvalue weighted by atomic mass is 16.1. The number of fused-ring (bicyclic) bond motifs is 1. The Bertz CT molecular complexity index is 647. The first-order chi connectivity index (χ1) is 10.2. The van der Waals surface area contributed by atoms with Gasteiger partial charge in [0.2, 0.25) is 5.91 Å². The van der Waals surface area contributed by atoms with E-state index in [-0.39, 0.29) is 5.91 Å². The minimum absolute atomic E-state index is 0.103. The summed E-state index contributed by atoms with van der Waals surface area (Å²) in [4.78, 5) is 11.3. The number of nitrogens with one attached hydrogen (secondary N) is 2. The van der Waals surface area contributed by atoms with Crippen LogP contribution in [0, 0.1) is 0 Å². The fourth-order valence-corrected chi connectivity index (χ4v) is 2.55. The van der Waals surface area contributed by atoms with Crippen molar-refractivity contribution in [2.45, 2.75) is 39.3 Å². The molecule has 5 heteroatoms. The number of anilines is 2. The van der Waals surface area contributed by atoms with Crippen molar-refractivity contribution in [2.24, 2.45) is 0 Å². The van der Waals surface area contributed by atoms with E-state index in [0.717, 1.165) is 37.3 Å². The number of aromatic nitrogens is 2. The normalized spacial score (nSPS) is 13.7. The molecule has 2 heterocycles. The van der Waals surface area contributed by atoms with Crippen LogP contribution in [0.15, 0.2) is 30.6 Å². The minimum atomic E-state index is 0.103. The molecule has 0 fully saturated rings. The van der Waals surface area contributed by atoms with Crippen LogP contribution in [0.4, 0.5) is 11.4 Å². The number of hydrogen-bond acceptors (Lipinski definition) is 3. The van der Waals surface area contributed by atoms with Crippen LogP contribution in [0.5, 0.6) is 0 Å². The lowest BCUT2D eigenvalue weighted by atomic mass is 10.0. The maximum atomic E-state index is 11.3. The molecular formula is C16H20N4O. The lowest BCUT2D eigenvalue weighted by Crippen LogP contribution is -2.18. The van der Waals surface area contributed by atoms with E-state index in [9.17, 15) is 4.79 Å². The van der Waals surface area contributed by atoms with Gasteiger partial charge in [-0.2, -0.15) is 5.10 Å². The lowest BCUT2D eigenvalue weighted by Gasteiger charge is -2.17. The number of aryl methyl sites for hydroxylation is 2. The van der Waals surface area contributed by atoms with E-state index in [2.05, 4.69) is 34.9 Å². The van der Waals surface area contributed by atoms with Gasteiger partial charge in [0.05, 0.1) is 6.20 Å². The fourth-order valence-electron chi connectivity index (χ4n) is 2.55. The molecule has 0 atom stereocenters. The molecule has 0 saturated carbocycles. The number of carbonyl (C=O) groups excluding carboxylic acids is 1. The van der Waals surface area contributed by atoms with Crippen LogP contribution in [0.25, 0.3) is 0 Å². The van der Waals surface area contributed by atoms with Gasteiger partial charge in [-0.15, -0.1) is 0 Å². The quantitative estimate of drug-likeness (QED) is 0.887. The smallest absolute Gasteiger partial charge is 0.224 e. The first-order valence-electron chi connectivity index (χ1n) is 7.42. The number of hydrogen-bond donors (Lipinski definition) is 2. The third kappa shape index (κ3) is 3.24. The molecule has 1 amide bonds. The Balaban J connectivity index is 1.63. The van der Waals surface area contributed by atoms with Crippen molar-refractivity contribution in [3.63, 3.8) is 0 Å². The summed E-state index contributed by atoms with van der Waals surface area (Å²) in [5.74, 6) is 0.103. The van der Waals surface area contributed by atoms with Gasteiger partial charge in [0.15, 0.2) is 0 Å². The summed E-state index contributed by atoms with van der Waals surface area (Å²) in [5.41, 5.74) is 4.39. The molecule has 0 unspecified atom stereocenters. The van der Waals surface area contributed by atoms with Crippen molar-refractivity contribution in [3.8, 4) is 0 Å². The first-order valence-corrected chi connectivity index (χ1v) is 7.42. The zero-order valence-electron chi connectivity index (χ0n) is 12.2. The monoisotopic (exact) mass is 284 g/mol. The Labute approximate surface area is 124 Å². The average Bonchev–Trinajstić information content (AvgIpc) is 2.93. The molecule has 0 radical (unpaired) electrons. The summed E-state index contributed by atoms with van der Waals surface area (Å²) >= 11 is 0. The standard InChI is InChI=1S/C16H20N4O/c1-2-7-20-11-12(10-18-20)9-17-14-4-5-15-13(8-14)3-6-16(21)19-15/h4-5,8,10-11,17H,2-3,6-7,9H2,1H3,(H,19,21). The van der Waals surface area contributed by atoms with Gasteiger partial charge in [0.25, 0.3) is 0 Å². The second-order valence-corrected chi connectivity index (χ2v) is 5.39. The largest absolute Gasteiger partial charge is 0.381 e. The highest BCUT2D eigenvalue weighted by Crippen LogP contribution is 2.25. The SMILES string of the molecule is CCCn1cc(CNc2ccc3c(c2)CCC(=O)N3)cn1. The summed E-state index contributed by atoms with van der Waals surface area (Å²) in [5, 5.41) is 10.6. The summed E-state index contributed by atoms with van der Waals surface area (Å²) in [6.45, 7) is 3.86. The highest BCUT2D eigenvalue weighted by molar-refractivity contribution is 5.94. The van der Waals surface area contributed by atoms with Crippen LogP contribution in [-0.4, -0.2) is 15.7 Å². The number of amides is 1. The van der Waals surface area contributed by atoms with Crippen molar-refractivity contribution in [1.82, 2.24) is 9.78 Å². The van der Waals surface area contributed by atoms with Crippen molar-refractivity contribution >= 4 is 17.3 Å². The van der Waals surface area contributed by atoms with Crippen LogP contribution in [0.2, 0.25) is 0 Å². The summed E-state index contributed by atoms with van der Waals surface area (Å²) in [6, 6.07) is 6.08. The third-order valence-corrected chi connectivity index (χ3v) is 3.64. The van der Waals surface area contributed by atoms with Gasteiger partial charge in [0.1, 0.15) is 0 Å². The Kier molecular flexibility index (Phi) is 3.90. The fraction of sp³-hybridized carbons (Fsp3) is 0.375.